The summed E-state index contributed by atoms with van der Waals surface area (Å²) in [6.07, 6.45) is 5.90. The summed E-state index contributed by atoms with van der Waals surface area (Å²) in [4.78, 5) is 8.67. The van der Waals surface area contributed by atoms with Crippen LogP contribution in [0.25, 0.3) is 0 Å². The van der Waals surface area contributed by atoms with Crippen molar-refractivity contribution in [2.45, 2.75) is 25.7 Å². The van der Waals surface area contributed by atoms with Gasteiger partial charge in [0.2, 0.25) is 0 Å². The van der Waals surface area contributed by atoms with E-state index in [0.717, 1.165) is 16.9 Å². The molecular formula is C15H14N4. The number of anilines is 2. The minimum Gasteiger partial charge on any atom is -0.338 e. The lowest BCUT2D eigenvalue weighted by molar-refractivity contribution is 1.02. The van der Waals surface area contributed by atoms with Gasteiger partial charge in [-0.05, 0) is 43.5 Å². The second kappa shape index (κ2) is 4.69. The normalized spacial score (nSPS) is 13.9. The first-order valence-corrected chi connectivity index (χ1v) is 6.36. The Morgan fingerprint density at radius 3 is 2.84 bits per heavy atom. The van der Waals surface area contributed by atoms with Crippen LogP contribution in [0.3, 0.4) is 0 Å². The number of hydrogen-bond acceptors (Lipinski definition) is 4. The summed E-state index contributed by atoms with van der Waals surface area (Å²) in [5, 5.41) is 12.4. The molecule has 2 aromatic heterocycles. The zero-order chi connectivity index (χ0) is 13.2. The van der Waals surface area contributed by atoms with Crippen LogP contribution in [0.1, 0.15) is 35.6 Å². The molecule has 0 spiro atoms. The fraction of sp³-hybridized carbons (Fsp3) is 0.267. The molecule has 0 amide bonds. The van der Waals surface area contributed by atoms with E-state index in [9.17, 15) is 0 Å². The van der Waals surface area contributed by atoms with Gasteiger partial charge >= 0.3 is 0 Å². The minimum absolute atomic E-state index is 0.563. The van der Waals surface area contributed by atoms with E-state index in [-0.39, 0.29) is 0 Å². The summed E-state index contributed by atoms with van der Waals surface area (Å²) in [6, 6.07) is 7.90. The van der Waals surface area contributed by atoms with Gasteiger partial charge in [-0.15, -0.1) is 0 Å². The summed E-state index contributed by atoms with van der Waals surface area (Å²) in [6.45, 7) is 2.00. The van der Waals surface area contributed by atoms with Gasteiger partial charge < -0.3 is 5.32 Å². The lowest BCUT2D eigenvalue weighted by Gasteiger charge is -2.10. The molecule has 1 fully saturated rings. The van der Waals surface area contributed by atoms with E-state index >= 15 is 0 Å². The number of rotatable bonds is 3. The summed E-state index contributed by atoms with van der Waals surface area (Å²) >= 11 is 0. The third kappa shape index (κ3) is 2.41. The van der Waals surface area contributed by atoms with E-state index in [2.05, 4.69) is 21.4 Å². The number of aryl methyl sites for hydroxylation is 1. The molecule has 4 nitrogen and oxygen atoms in total. The van der Waals surface area contributed by atoms with Gasteiger partial charge in [0, 0.05) is 17.8 Å². The van der Waals surface area contributed by atoms with Crippen LogP contribution in [0.15, 0.2) is 30.6 Å². The monoisotopic (exact) mass is 250 g/mol. The average Bonchev–Trinajstić information content (AvgIpc) is 3.26. The fourth-order valence-corrected chi connectivity index (χ4v) is 1.99. The lowest BCUT2D eigenvalue weighted by atomic mass is 10.2. The zero-order valence-electron chi connectivity index (χ0n) is 10.7. The van der Waals surface area contributed by atoms with Gasteiger partial charge in [-0.1, -0.05) is 0 Å². The molecule has 1 aliphatic rings. The Labute approximate surface area is 112 Å². The summed E-state index contributed by atoms with van der Waals surface area (Å²) in [5.41, 5.74) is 3.60. The van der Waals surface area contributed by atoms with Crippen molar-refractivity contribution in [3.63, 3.8) is 0 Å². The van der Waals surface area contributed by atoms with Crippen molar-refractivity contribution in [1.82, 2.24) is 9.97 Å². The van der Waals surface area contributed by atoms with Gasteiger partial charge in [0.15, 0.2) is 0 Å². The maximum absolute atomic E-state index is 9.17. The quantitative estimate of drug-likeness (QED) is 0.908. The Balaban J connectivity index is 1.97. The first-order chi connectivity index (χ1) is 9.28. The van der Waals surface area contributed by atoms with E-state index in [1.54, 1.807) is 12.4 Å². The fourth-order valence-electron chi connectivity index (χ4n) is 1.99. The smallest absolute Gasteiger partial charge is 0.148 e. The van der Waals surface area contributed by atoms with Crippen LogP contribution >= 0.6 is 0 Å². The van der Waals surface area contributed by atoms with E-state index in [0.29, 0.717) is 17.3 Å². The molecule has 94 valence electrons. The Bertz CT molecular complexity index is 653. The molecule has 0 saturated heterocycles. The van der Waals surface area contributed by atoms with Crippen molar-refractivity contribution >= 4 is 11.5 Å². The molecule has 0 aliphatic heterocycles. The van der Waals surface area contributed by atoms with Gasteiger partial charge in [0.05, 0.1) is 17.4 Å². The first-order valence-electron chi connectivity index (χ1n) is 6.36. The molecule has 2 heterocycles. The van der Waals surface area contributed by atoms with Crippen molar-refractivity contribution in [3.05, 3.63) is 47.4 Å². The molecular weight excluding hydrogens is 236 g/mol. The zero-order valence-corrected chi connectivity index (χ0v) is 10.7. The molecule has 4 heteroatoms. The highest BCUT2D eigenvalue weighted by molar-refractivity contribution is 5.64. The number of nitrogens with one attached hydrogen (secondary N) is 1. The highest BCUT2D eigenvalue weighted by atomic mass is 15.0. The topological polar surface area (TPSA) is 61.6 Å². The molecule has 0 radical (unpaired) electrons. The number of aromatic nitrogens is 2. The van der Waals surface area contributed by atoms with Crippen LogP contribution in [-0.2, 0) is 0 Å². The lowest BCUT2D eigenvalue weighted by Crippen LogP contribution is -2.01. The molecule has 0 bridgehead atoms. The Morgan fingerprint density at radius 1 is 1.32 bits per heavy atom. The SMILES string of the molecule is Cc1ccncc1Nc1nc(C2CC2)ccc1C#N. The second-order valence-corrected chi connectivity index (χ2v) is 4.83. The average molecular weight is 250 g/mol. The Kier molecular flexibility index (Phi) is 2.88. The van der Waals surface area contributed by atoms with E-state index < -0.39 is 0 Å². The predicted molar refractivity (Wildman–Crippen MR) is 73.2 cm³/mol. The van der Waals surface area contributed by atoms with Crippen LogP contribution in [0, 0.1) is 18.3 Å². The largest absolute Gasteiger partial charge is 0.338 e. The van der Waals surface area contributed by atoms with E-state index in [4.69, 9.17) is 5.26 Å². The maximum Gasteiger partial charge on any atom is 0.148 e. The molecule has 19 heavy (non-hydrogen) atoms. The van der Waals surface area contributed by atoms with Crippen LogP contribution in [0.2, 0.25) is 0 Å². The Hall–Kier alpha value is -2.41. The third-order valence-electron chi connectivity index (χ3n) is 3.33. The highest BCUT2D eigenvalue weighted by Crippen LogP contribution is 2.39. The maximum atomic E-state index is 9.17. The molecule has 1 N–H and O–H groups in total. The van der Waals surface area contributed by atoms with Crippen molar-refractivity contribution in [2.75, 3.05) is 5.32 Å². The number of pyridine rings is 2. The van der Waals surface area contributed by atoms with Crippen molar-refractivity contribution in [2.24, 2.45) is 0 Å². The molecule has 3 rings (SSSR count). The minimum atomic E-state index is 0.563. The summed E-state index contributed by atoms with van der Waals surface area (Å²) in [5.74, 6) is 1.20. The standard InChI is InChI=1S/C15H14N4/c1-10-6-7-17-9-14(10)19-15-12(8-16)4-5-13(18-15)11-2-3-11/h4-7,9,11H,2-3H2,1H3,(H,18,19). The van der Waals surface area contributed by atoms with Crippen molar-refractivity contribution in [3.8, 4) is 6.07 Å². The number of hydrogen-bond donors (Lipinski definition) is 1. The van der Waals surface area contributed by atoms with Gasteiger partial charge in [0.1, 0.15) is 11.9 Å². The molecule has 1 saturated carbocycles. The van der Waals surface area contributed by atoms with Gasteiger partial charge in [-0.3, -0.25) is 4.98 Å². The third-order valence-corrected chi connectivity index (χ3v) is 3.33. The first kappa shape index (κ1) is 11.7. The molecule has 1 aliphatic carbocycles. The van der Waals surface area contributed by atoms with Crippen molar-refractivity contribution in [1.29, 1.82) is 5.26 Å². The van der Waals surface area contributed by atoms with E-state index in [1.807, 2.05) is 25.1 Å². The second-order valence-electron chi connectivity index (χ2n) is 4.83. The van der Waals surface area contributed by atoms with Crippen LogP contribution in [0.4, 0.5) is 11.5 Å². The van der Waals surface area contributed by atoms with Crippen LogP contribution in [-0.4, -0.2) is 9.97 Å². The Morgan fingerprint density at radius 2 is 2.16 bits per heavy atom. The van der Waals surface area contributed by atoms with Crippen molar-refractivity contribution < 1.29 is 0 Å². The van der Waals surface area contributed by atoms with E-state index in [1.165, 1.54) is 12.8 Å². The molecule has 0 aromatic carbocycles. The molecule has 2 aromatic rings. The number of nitriles is 1. The molecule has 0 unspecified atom stereocenters. The molecule has 0 atom stereocenters. The number of nitrogens with zero attached hydrogens (tertiary/aromatic N) is 3. The van der Waals surface area contributed by atoms with Gasteiger partial charge in [-0.25, -0.2) is 4.98 Å². The summed E-state index contributed by atoms with van der Waals surface area (Å²) < 4.78 is 0. The van der Waals surface area contributed by atoms with Gasteiger partial charge in [0.25, 0.3) is 0 Å². The highest BCUT2D eigenvalue weighted by Gasteiger charge is 2.25. The van der Waals surface area contributed by atoms with Crippen LogP contribution < -0.4 is 5.32 Å². The van der Waals surface area contributed by atoms with Crippen LogP contribution in [0.5, 0.6) is 0 Å². The summed E-state index contributed by atoms with van der Waals surface area (Å²) in [7, 11) is 0. The van der Waals surface area contributed by atoms with Gasteiger partial charge in [-0.2, -0.15) is 5.26 Å². The predicted octanol–water partition coefficient (Wildman–Crippen LogP) is 3.28.